The van der Waals surface area contributed by atoms with Gasteiger partial charge in [0.2, 0.25) is 0 Å². The summed E-state index contributed by atoms with van der Waals surface area (Å²) in [5.41, 5.74) is 4.64. The Balaban J connectivity index is 1.56. The summed E-state index contributed by atoms with van der Waals surface area (Å²) >= 11 is 0. The molecule has 1 saturated heterocycles. The molecule has 0 saturated carbocycles. The van der Waals surface area contributed by atoms with Crippen LogP contribution in [0.3, 0.4) is 0 Å². The molecule has 1 aromatic carbocycles. The fourth-order valence-electron chi connectivity index (χ4n) is 2.91. The van der Waals surface area contributed by atoms with Crippen LogP contribution in [0, 0.1) is 5.82 Å². The molecular weight excluding hydrogens is 355 g/mol. The van der Waals surface area contributed by atoms with Crippen LogP contribution in [0.1, 0.15) is 5.69 Å². The second kappa shape index (κ2) is 7.29. The molecule has 2 aliphatic rings. The fraction of sp³-hybridized carbons (Fsp3) is 0.278. The number of nitrogens with zero attached hydrogens (tertiary/aromatic N) is 3. The van der Waals surface area contributed by atoms with Crippen molar-refractivity contribution in [1.82, 2.24) is 10.5 Å². The molecule has 3 heterocycles. The number of benzene rings is 1. The Labute approximate surface area is 154 Å². The summed E-state index contributed by atoms with van der Waals surface area (Å²) in [5, 5.41) is 9.11. The number of anilines is 1. The van der Waals surface area contributed by atoms with Gasteiger partial charge in [0.25, 0.3) is 0 Å². The van der Waals surface area contributed by atoms with Crippen LogP contribution in [0.4, 0.5) is 14.9 Å². The number of carbonyl (C=O) groups is 1. The van der Waals surface area contributed by atoms with Gasteiger partial charge in [0.05, 0.1) is 32.0 Å². The molecule has 27 heavy (non-hydrogen) atoms. The molecule has 9 heteroatoms. The molecule has 1 atom stereocenters. The van der Waals surface area contributed by atoms with Crippen molar-refractivity contribution in [2.45, 2.75) is 6.10 Å². The molecule has 4 rings (SSSR count). The van der Waals surface area contributed by atoms with Gasteiger partial charge in [0.15, 0.2) is 5.84 Å². The summed E-state index contributed by atoms with van der Waals surface area (Å²) < 4.78 is 19.6. The summed E-state index contributed by atoms with van der Waals surface area (Å²) in [6.07, 6.45) is 0.352. The zero-order chi connectivity index (χ0) is 18.8. The number of amides is 1. The average molecular weight is 372 g/mol. The second-order valence-corrected chi connectivity index (χ2v) is 6.08. The Kier molecular flexibility index (Phi) is 4.69. The quantitative estimate of drug-likeness (QED) is 0.844. The topological polar surface area (TPSA) is 96.3 Å². The van der Waals surface area contributed by atoms with E-state index < -0.39 is 18.0 Å². The van der Waals surface area contributed by atoms with Crippen molar-refractivity contribution >= 4 is 17.6 Å². The van der Waals surface area contributed by atoms with E-state index in [4.69, 9.17) is 14.7 Å². The van der Waals surface area contributed by atoms with E-state index in [2.05, 4.69) is 15.5 Å². The zero-order valence-electron chi connectivity index (χ0n) is 14.3. The summed E-state index contributed by atoms with van der Waals surface area (Å²) in [6, 6.07) is 7.96. The molecule has 2 aromatic rings. The van der Waals surface area contributed by atoms with Crippen LogP contribution in [-0.2, 0) is 9.57 Å². The molecule has 1 fully saturated rings. The number of amidine groups is 1. The Hall–Kier alpha value is -3.04. The largest absolute Gasteiger partial charge is 0.441 e. The van der Waals surface area contributed by atoms with Gasteiger partial charge in [0, 0.05) is 17.3 Å². The highest BCUT2D eigenvalue weighted by atomic mass is 19.1. The average Bonchev–Trinajstić information content (AvgIpc) is 3.10. The summed E-state index contributed by atoms with van der Waals surface area (Å²) in [7, 11) is 0. The van der Waals surface area contributed by atoms with E-state index in [0.29, 0.717) is 41.5 Å². The molecule has 0 spiro atoms. The highest BCUT2D eigenvalue weighted by Gasteiger charge is 2.32. The van der Waals surface area contributed by atoms with Gasteiger partial charge in [-0.05, 0) is 24.3 Å². The van der Waals surface area contributed by atoms with E-state index >= 15 is 0 Å². The number of aromatic nitrogens is 1. The normalized spacial score (nSPS) is 19.5. The SMILES string of the molecule is O=C1OC(CO)CN1c1ccc(-c2ccc(C3=NCCON3)nc2)c(F)c1. The Morgan fingerprint density at radius 3 is 2.85 bits per heavy atom. The van der Waals surface area contributed by atoms with E-state index in [1.54, 1.807) is 30.5 Å². The van der Waals surface area contributed by atoms with Crippen LogP contribution in [-0.4, -0.2) is 54.4 Å². The molecule has 8 nitrogen and oxygen atoms in total. The molecule has 2 aliphatic heterocycles. The highest BCUT2D eigenvalue weighted by molar-refractivity contribution is 5.96. The first-order valence-corrected chi connectivity index (χ1v) is 8.43. The third-order valence-corrected chi connectivity index (χ3v) is 4.29. The van der Waals surface area contributed by atoms with Gasteiger partial charge in [-0.1, -0.05) is 6.07 Å². The first-order valence-electron chi connectivity index (χ1n) is 8.43. The molecule has 1 aromatic heterocycles. The maximum Gasteiger partial charge on any atom is 0.414 e. The number of hydrogen-bond donors (Lipinski definition) is 2. The number of nitrogens with one attached hydrogen (secondary N) is 1. The number of cyclic esters (lactones) is 1. The predicted octanol–water partition coefficient (Wildman–Crippen LogP) is 1.49. The van der Waals surface area contributed by atoms with E-state index in [1.807, 2.05) is 0 Å². The number of aliphatic hydroxyl groups excluding tert-OH is 1. The predicted molar refractivity (Wildman–Crippen MR) is 94.8 cm³/mol. The lowest BCUT2D eigenvalue weighted by Crippen LogP contribution is -2.31. The Bertz CT molecular complexity index is 887. The number of carbonyl (C=O) groups excluding carboxylic acids is 1. The standard InChI is InChI=1S/C18H17FN4O4/c19-15-7-12(23-9-13(10-24)27-18(23)25)2-3-14(15)11-1-4-16(21-8-11)17-20-5-6-26-22-17/h1-4,7-8,13,24H,5-6,9-10H2,(H,20,22). The lowest BCUT2D eigenvalue weighted by molar-refractivity contribution is 0.0824. The van der Waals surface area contributed by atoms with Gasteiger partial charge in [-0.2, -0.15) is 0 Å². The maximum atomic E-state index is 14.6. The smallest absolute Gasteiger partial charge is 0.414 e. The highest BCUT2D eigenvalue weighted by Crippen LogP contribution is 2.28. The number of ether oxygens (including phenoxy) is 1. The second-order valence-electron chi connectivity index (χ2n) is 6.08. The molecular formula is C18H17FN4O4. The molecule has 140 valence electrons. The van der Waals surface area contributed by atoms with E-state index in [0.717, 1.165) is 0 Å². The van der Waals surface area contributed by atoms with Crippen molar-refractivity contribution in [1.29, 1.82) is 0 Å². The molecule has 0 aliphatic carbocycles. The number of aliphatic hydroxyl groups is 1. The summed E-state index contributed by atoms with van der Waals surface area (Å²) in [6.45, 7) is 0.967. The van der Waals surface area contributed by atoms with Gasteiger partial charge in [-0.15, -0.1) is 0 Å². The Morgan fingerprint density at radius 2 is 2.22 bits per heavy atom. The van der Waals surface area contributed by atoms with E-state index in [9.17, 15) is 9.18 Å². The van der Waals surface area contributed by atoms with Crippen molar-refractivity contribution in [3.05, 3.63) is 48.0 Å². The fourth-order valence-corrected chi connectivity index (χ4v) is 2.91. The number of hydrogen-bond acceptors (Lipinski definition) is 7. The minimum absolute atomic E-state index is 0.182. The third-order valence-electron chi connectivity index (χ3n) is 4.29. The minimum Gasteiger partial charge on any atom is -0.441 e. The number of halogens is 1. The molecule has 1 amide bonds. The van der Waals surface area contributed by atoms with Crippen LogP contribution in [0.15, 0.2) is 41.5 Å². The first-order chi connectivity index (χ1) is 13.2. The van der Waals surface area contributed by atoms with Gasteiger partial charge in [-0.3, -0.25) is 19.7 Å². The van der Waals surface area contributed by atoms with Crippen molar-refractivity contribution in [3.8, 4) is 11.1 Å². The van der Waals surface area contributed by atoms with Crippen LogP contribution in [0.2, 0.25) is 0 Å². The van der Waals surface area contributed by atoms with Crippen molar-refractivity contribution in [3.63, 3.8) is 0 Å². The summed E-state index contributed by atoms with van der Waals surface area (Å²) in [4.78, 5) is 26.8. The number of rotatable bonds is 4. The number of aliphatic imine (C=N–C) groups is 1. The zero-order valence-corrected chi connectivity index (χ0v) is 14.3. The van der Waals surface area contributed by atoms with Gasteiger partial charge in [-0.25, -0.2) is 14.7 Å². The van der Waals surface area contributed by atoms with Crippen LogP contribution in [0.25, 0.3) is 11.1 Å². The molecule has 0 bridgehead atoms. The lowest BCUT2D eigenvalue weighted by Gasteiger charge is -2.15. The van der Waals surface area contributed by atoms with Crippen molar-refractivity contribution in [2.24, 2.45) is 4.99 Å². The third kappa shape index (κ3) is 3.46. The minimum atomic E-state index is -0.602. The van der Waals surface area contributed by atoms with Crippen molar-refractivity contribution in [2.75, 3.05) is 31.2 Å². The number of hydroxylamine groups is 1. The van der Waals surface area contributed by atoms with Crippen LogP contribution >= 0.6 is 0 Å². The van der Waals surface area contributed by atoms with E-state index in [1.165, 1.54) is 11.0 Å². The monoisotopic (exact) mass is 372 g/mol. The first kappa shape index (κ1) is 17.4. The van der Waals surface area contributed by atoms with Crippen LogP contribution < -0.4 is 10.4 Å². The van der Waals surface area contributed by atoms with Crippen LogP contribution in [0.5, 0.6) is 0 Å². The summed E-state index contributed by atoms with van der Waals surface area (Å²) in [5.74, 6) is 0.0494. The van der Waals surface area contributed by atoms with E-state index in [-0.39, 0.29) is 13.2 Å². The Morgan fingerprint density at radius 1 is 1.33 bits per heavy atom. The number of pyridine rings is 1. The lowest BCUT2D eigenvalue weighted by atomic mass is 10.1. The van der Waals surface area contributed by atoms with Gasteiger partial charge >= 0.3 is 6.09 Å². The van der Waals surface area contributed by atoms with Gasteiger partial charge in [0.1, 0.15) is 17.6 Å². The molecule has 2 N–H and O–H groups in total. The molecule has 1 unspecified atom stereocenters. The van der Waals surface area contributed by atoms with Gasteiger partial charge < -0.3 is 9.84 Å². The maximum absolute atomic E-state index is 14.6. The van der Waals surface area contributed by atoms with Crippen molar-refractivity contribution < 1.29 is 23.9 Å². The molecule has 0 radical (unpaired) electrons.